The standard InChI is InChI=1S/C27H28N6O2S/c1-3-31-12-14-32(15-13-31)23-10-7-22(8-11-23)30-27-26-25(28-18-29-27)21(17-36-26)6-5-20-16-24(33(34)35)9-4-19(20)2/h4-11,16-18H,3,12-15H2,1-2H3,(H,28,29,30)/b6-5+. The largest absolute Gasteiger partial charge is 0.369 e. The van der Waals surface area contributed by atoms with Crippen LogP contribution in [0.4, 0.5) is 22.9 Å². The van der Waals surface area contributed by atoms with Gasteiger partial charge in [-0.15, -0.1) is 11.3 Å². The minimum absolute atomic E-state index is 0.0819. The van der Waals surface area contributed by atoms with E-state index >= 15 is 0 Å². The van der Waals surface area contributed by atoms with Crippen molar-refractivity contribution in [1.29, 1.82) is 0 Å². The molecule has 0 saturated carbocycles. The van der Waals surface area contributed by atoms with Gasteiger partial charge >= 0.3 is 0 Å². The van der Waals surface area contributed by atoms with Crippen molar-refractivity contribution in [2.45, 2.75) is 13.8 Å². The number of thiophene rings is 1. The molecule has 8 nitrogen and oxygen atoms in total. The second-order valence-electron chi connectivity index (χ2n) is 8.82. The van der Waals surface area contributed by atoms with Gasteiger partial charge in [-0.2, -0.15) is 0 Å². The van der Waals surface area contributed by atoms with Crippen LogP contribution in [-0.2, 0) is 0 Å². The van der Waals surface area contributed by atoms with Gasteiger partial charge < -0.3 is 15.1 Å². The first-order chi connectivity index (χ1) is 17.5. The number of nitro groups is 1. The summed E-state index contributed by atoms with van der Waals surface area (Å²) in [6.07, 6.45) is 5.42. The molecule has 2 aromatic heterocycles. The zero-order valence-corrected chi connectivity index (χ0v) is 21.2. The van der Waals surface area contributed by atoms with Gasteiger partial charge in [-0.3, -0.25) is 10.1 Å². The van der Waals surface area contributed by atoms with Gasteiger partial charge in [-0.1, -0.05) is 25.1 Å². The fourth-order valence-corrected chi connectivity index (χ4v) is 5.32. The van der Waals surface area contributed by atoms with Gasteiger partial charge in [0.05, 0.1) is 15.1 Å². The summed E-state index contributed by atoms with van der Waals surface area (Å²) in [6, 6.07) is 13.4. The van der Waals surface area contributed by atoms with Crippen LogP contribution in [0.5, 0.6) is 0 Å². The van der Waals surface area contributed by atoms with Crippen molar-refractivity contribution in [3.8, 4) is 0 Å². The molecule has 4 aromatic rings. The van der Waals surface area contributed by atoms with Gasteiger partial charge in [0.1, 0.15) is 6.33 Å². The van der Waals surface area contributed by atoms with Crippen molar-refractivity contribution in [3.63, 3.8) is 0 Å². The second kappa shape index (κ2) is 10.4. The summed E-state index contributed by atoms with van der Waals surface area (Å²) < 4.78 is 0.965. The Kier molecular flexibility index (Phi) is 6.92. The number of hydrogen-bond donors (Lipinski definition) is 1. The third-order valence-electron chi connectivity index (χ3n) is 6.61. The molecule has 0 bridgehead atoms. The van der Waals surface area contributed by atoms with E-state index in [4.69, 9.17) is 0 Å². The van der Waals surface area contributed by atoms with Crippen molar-refractivity contribution < 1.29 is 4.92 Å². The number of aromatic nitrogens is 2. The summed E-state index contributed by atoms with van der Waals surface area (Å²) in [5.41, 5.74) is 5.89. The number of hydrogen-bond acceptors (Lipinski definition) is 8. The van der Waals surface area contributed by atoms with E-state index in [1.165, 1.54) is 11.8 Å². The normalized spacial score (nSPS) is 14.6. The van der Waals surface area contributed by atoms with Crippen LogP contribution >= 0.6 is 11.3 Å². The van der Waals surface area contributed by atoms with E-state index in [2.05, 4.69) is 56.3 Å². The van der Waals surface area contributed by atoms with Gasteiger partial charge in [-0.05, 0) is 48.9 Å². The molecule has 1 aliphatic heterocycles. The fraction of sp³-hybridized carbons (Fsp3) is 0.259. The summed E-state index contributed by atoms with van der Waals surface area (Å²) in [7, 11) is 0. The van der Waals surface area contributed by atoms with Crippen LogP contribution in [0, 0.1) is 17.0 Å². The number of nitrogens with zero attached hydrogens (tertiary/aromatic N) is 5. The van der Waals surface area contributed by atoms with Crippen LogP contribution in [0.15, 0.2) is 54.2 Å². The highest BCUT2D eigenvalue weighted by Crippen LogP contribution is 2.32. The Morgan fingerprint density at radius 1 is 1.06 bits per heavy atom. The average Bonchev–Trinajstić information content (AvgIpc) is 3.32. The van der Waals surface area contributed by atoms with Crippen LogP contribution in [-0.4, -0.2) is 52.5 Å². The lowest BCUT2D eigenvalue weighted by Crippen LogP contribution is -2.46. The maximum absolute atomic E-state index is 11.1. The number of likely N-dealkylation sites (N-methyl/N-ethyl adjacent to an activating group) is 1. The molecule has 0 aliphatic carbocycles. The molecule has 0 unspecified atom stereocenters. The smallest absolute Gasteiger partial charge is 0.270 e. The third-order valence-corrected chi connectivity index (χ3v) is 7.61. The molecule has 0 radical (unpaired) electrons. The van der Waals surface area contributed by atoms with Crippen LogP contribution in [0.3, 0.4) is 0 Å². The summed E-state index contributed by atoms with van der Waals surface area (Å²) in [6.45, 7) is 9.57. The molecule has 1 fully saturated rings. The molecular formula is C27H28N6O2S. The van der Waals surface area contributed by atoms with Gasteiger partial charge in [-0.25, -0.2) is 9.97 Å². The Morgan fingerprint density at radius 3 is 2.53 bits per heavy atom. The van der Waals surface area contributed by atoms with E-state index < -0.39 is 0 Å². The lowest BCUT2D eigenvalue weighted by atomic mass is 10.1. The summed E-state index contributed by atoms with van der Waals surface area (Å²) in [4.78, 5) is 24.7. The summed E-state index contributed by atoms with van der Waals surface area (Å²) in [5.74, 6) is 0.764. The zero-order valence-electron chi connectivity index (χ0n) is 20.3. The van der Waals surface area contributed by atoms with Crippen LogP contribution in [0.25, 0.3) is 22.4 Å². The summed E-state index contributed by atoms with van der Waals surface area (Å²) in [5, 5.41) is 16.6. The van der Waals surface area contributed by atoms with E-state index in [9.17, 15) is 10.1 Å². The number of anilines is 3. The van der Waals surface area contributed by atoms with E-state index in [1.54, 1.807) is 29.8 Å². The van der Waals surface area contributed by atoms with Crippen molar-refractivity contribution >= 4 is 56.6 Å². The molecule has 36 heavy (non-hydrogen) atoms. The number of non-ortho nitro benzene ring substituents is 1. The van der Waals surface area contributed by atoms with Crippen molar-refractivity contribution in [2.75, 3.05) is 42.9 Å². The van der Waals surface area contributed by atoms with Crippen LogP contribution < -0.4 is 10.2 Å². The number of fused-ring (bicyclic) bond motifs is 1. The second-order valence-corrected chi connectivity index (χ2v) is 9.70. The fourth-order valence-electron chi connectivity index (χ4n) is 4.39. The molecule has 2 aromatic carbocycles. The minimum Gasteiger partial charge on any atom is -0.369 e. The SMILES string of the molecule is CCN1CCN(c2ccc(Nc3ncnc4c(/C=C/c5cc([N+](=O)[O-])ccc5C)csc34)cc2)CC1. The molecule has 1 aliphatic rings. The van der Waals surface area contributed by atoms with Gasteiger partial charge in [0.15, 0.2) is 5.82 Å². The van der Waals surface area contributed by atoms with Crippen molar-refractivity contribution in [2.24, 2.45) is 0 Å². The van der Waals surface area contributed by atoms with Crippen LogP contribution in [0.2, 0.25) is 0 Å². The van der Waals surface area contributed by atoms with E-state index in [1.807, 2.05) is 24.5 Å². The predicted molar refractivity (Wildman–Crippen MR) is 148 cm³/mol. The minimum atomic E-state index is -0.374. The Labute approximate surface area is 214 Å². The number of nitrogens with one attached hydrogen (secondary N) is 1. The molecule has 0 atom stereocenters. The van der Waals surface area contributed by atoms with E-state index in [0.29, 0.717) is 0 Å². The Balaban J connectivity index is 1.33. The zero-order chi connectivity index (χ0) is 25.1. The van der Waals surface area contributed by atoms with Crippen LogP contribution in [0.1, 0.15) is 23.6 Å². The molecule has 5 rings (SSSR count). The predicted octanol–water partition coefficient (Wildman–Crippen LogP) is 5.96. The highest BCUT2D eigenvalue weighted by molar-refractivity contribution is 7.18. The van der Waals surface area contributed by atoms with Crippen molar-refractivity contribution in [1.82, 2.24) is 14.9 Å². The van der Waals surface area contributed by atoms with Crippen molar-refractivity contribution in [3.05, 3.63) is 81.0 Å². The molecule has 3 heterocycles. The third kappa shape index (κ3) is 5.07. The van der Waals surface area contributed by atoms with Gasteiger partial charge in [0.25, 0.3) is 5.69 Å². The first-order valence-corrected chi connectivity index (χ1v) is 12.9. The maximum atomic E-state index is 11.1. The molecule has 1 N–H and O–H groups in total. The first kappa shape index (κ1) is 23.9. The van der Waals surface area contributed by atoms with E-state index in [0.717, 1.165) is 71.1 Å². The maximum Gasteiger partial charge on any atom is 0.270 e. The highest BCUT2D eigenvalue weighted by atomic mass is 32.1. The molecular weight excluding hydrogens is 472 g/mol. The lowest BCUT2D eigenvalue weighted by molar-refractivity contribution is -0.384. The van der Waals surface area contributed by atoms with Gasteiger partial charge in [0.2, 0.25) is 0 Å². The van der Waals surface area contributed by atoms with E-state index in [-0.39, 0.29) is 10.6 Å². The Bertz CT molecular complexity index is 1410. The number of nitro benzene ring substituents is 1. The Morgan fingerprint density at radius 2 is 1.81 bits per heavy atom. The highest BCUT2D eigenvalue weighted by Gasteiger charge is 2.16. The number of rotatable bonds is 7. The summed E-state index contributed by atoms with van der Waals surface area (Å²) >= 11 is 1.58. The monoisotopic (exact) mass is 500 g/mol. The first-order valence-electron chi connectivity index (χ1n) is 12.0. The number of piperazine rings is 1. The molecule has 9 heteroatoms. The lowest BCUT2D eigenvalue weighted by Gasteiger charge is -2.35. The molecule has 1 saturated heterocycles. The van der Waals surface area contributed by atoms with Gasteiger partial charge in [0, 0.05) is 60.6 Å². The number of benzene rings is 2. The Hall–Kier alpha value is -3.82. The average molecular weight is 501 g/mol. The number of aryl methyl sites for hydroxylation is 1. The quantitative estimate of drug-likeness (QED) is 0.247. The molecule has 0 amide bonds. The molecule has 184 valence electrons. The molecule has 0 spiro atoms. The topological polar surface area (TPSA) is 87.4 Å².